The largest absolute Gasteiger partial charge is 0.481 e. The summed E-state index contributed by atoms with van der Waals surface area (Å²) in [4.78, 5) is 35.0. The molecule has 0 heterocycles. The van der Waals surface area contributed by atoms with E-state index in [-0.39, 0.29) is 25.0 Å². The van der Waals surface area contributed by atoms with Crippen molar-refractivity contribution in [1.82, 2.24) is 10.6 Å². The highest BCUT2D eigenvalue weighted by molar-refractivity contribution is 7.81. The van der Waals surface area contributed by atoms with Gasteiger partial charge in [0.15, 0.2) is 0 Å². The maximum absolute atomic E-state index is 12.5. The third-order valence-electron chi connectivity index (χ3n) is 3.86. The van der Waals surface area contributed by atoms with Gasteiger partial charge in [-0.2, -0.15) is 8.42 Å². The number of nitrogens with one attached hydrogen (secondary N) is 2. The summed E-state index contributed by atoms with van der Waals surface area (Å²) in [5.74, 6) is -2.19. The second-order valence-electron chi connectivity index (χ2n) is 6.37. The molecule has 0 aliphatic rings. The summed E-state index contributed by atoms with van der Waals surface area (Å²) in [7, 11) is -4.64. The Bertz CT molecular complexity index is 793. The lowest BCUT2D eigenvalue weighted by molar-refractivity contribution is -0.139. The van der Waals surface area contributed by atoms with Crippen molar-refractivity contribution in [2.24, 2.45) is 0 Å². The zero-order valence-electron chi connectivity index (χ0n) is 16.1. The molecule has 162 valence electrons. The van der Waals surface area contributed by atoms with Crippen molar-refractivity contribution in [2.45, 2.75) is 51.5 Å². The van der Waals surface area contributed by atoms with E-state index in [1.807, 2.05) is 6.92 Å². The first-order chi connectivity index (χ1) is 13.6. The van der Waals surface area contributed by atoms with Gasteiger partial charge < -0.3 is 19.9 Å². The molecule has 0 saturated heterocycles. The van der Waals surface area contributed by atoms with E-state index in [9.17, 15) is 22.8 Å². The van der Waals surface area contributed by atoms with E-state index in [4.69, 9.17) is 9.66 Å². The molecule has 0 radical (unpaired) electrons. The first kappa shape index (κ1) is 24.4. The number of hydrogen-bond acceptors (Lipinski definition) is 6. The Morgan fingerprint density at radius 2 is 1.76 bits per heavy atom. The minimum atomic E-state index is -4.64. The van der Waals surface area contributed by atoms with E-state index in [0.29, 0.717) is 12.1 Å². The fraction of sp³-hybridized carbons (Fsp3) is 0.500. The zero-order chi connectivity index (χ0) is 21.9. The van der Waals surface area contributed by atoms with E-state index < -0.39 is 34.2 Å². The predicted molar refractivity (Wildman–Crippen MR) is 104 cm³/mol. The van der Waals surface area contributed by atoms with Crippen LogP contribution in [0.1, 0.15) is 44.6 Å². The van der Waals surface area contributed by atoms with Gasteiger partial charge in [-0.15, -0.1) is 0 Å². The van der Waals surface area contributed by atoms with Crippen LogP contribution < -0.4 is 14.8 Å². The molecular formula is C18H26N2O8S. The highest BCUT2D eigenvalue weighted by Crippen LogP contribution is 2.15. The van der Waals surface area contributed by atoms with Gasteiger partial charge in [0.1, 0.15) is 11.8 Å². The van der Waals surface area contributed by atoms with Crippen molar-refractivity contribution in [3.05, 3.63) is 29.8 Å². The second-order valence-corrected chi connectivity index (χ2v) is 7.39. The summed E-state index contributed by atoms with van der Waals surface area (Å²) in [5, 5.41) is 14.0. The second kappa shape index (κ2) is 12.0. The molecule has 0 aliphatic carbocycles. The van der Waals surface area contributed by atoms with Gasteiger partial charge >= 0.3 is 16.4 Å². The van der Waals surface area contributed by atoms with Crippen LogP contribution in [0.2, 0.25) is 0 Å². The Kier molecular flexibility index (Phi) is 10.1. The number of hydrogen-bond donors (Lipinski definition) is 4. The number of carboxylic acids is 1. The first-order valence-corrected chi connectivity index (χ1v) is 10.5. The normalized spacial score (nSPS) is 12.1. The van der Waals surface area contributed by atoms with Crippen molar-refractivity contribution in [3.8, 4) is 5.75 Å². The lowest BCUT2D eigenvalue weighted by atomic mass is 10.0. The Balaban J connectivity index is 2.79. The van der Waals surface area contributed by atoms with Gasteiger partial charge in [0.25, 0.3) is 0 Å². The molecular weight excluding hydrogens is 404 g/mol. The summed E-state index contributed by atoms with van der Waals surface area (Å²) in [5.41, 5.74) is 0.597. The fourth-order valence-electron chi connectivity index (χ4n) is 2.44. The van der Waals surface area contributed by atoms with Gasteiger partial charge in [-0.05, 0) is 24.1 Å². The molecule has 0 aliphatic heterocycles. The van der Waals surface area contributed by atoms with Crippen molar-refractivity contribution >= 4 is 28.2 Å². The van der Waals surface area contributed by atoms with Crippen LogP contribution in [0.25, 0.3) is 0 Å². The average molecular weight is 430 g/mol. The van der Waals surface area contributed by atoms with Crippen LogP contribution in [0.4, 0.5) is 0 Å². The van der Waals surface area contributed by atoms with E-state index in [0.717, 1.165) is 19.3 Å². The molecule has 4 N–H and O–H groups in total. The van der Waals surface area contributed by atoms with Crippen molar-refractivity contribution in [1.29, 1.82) is 0 Å². The summed E-state index contributed by atoms with van der Waals surface area (Å²) in [6.45, 7) is 2.48. The van der Waals surface area contributed by atoms with Crippen molar-refractivity contribution < 1.29 is 36.6 Å². The molecule has 0 aromatic heterocycles. The summed E-state index contributed by atoms with van der Waals surface area (Å²) < 4.78 is 34.4. The number of aliphatic carboxylic acids is 1. The van der Waals surface area contributed by atoms with Gasteiger partial charge in [-0.1, -0.05) is 31.9 Å². The van der Waals surface area contributed by atoms with Crippen LogP contribution in [0.3, 0.4) is 0 Å². The Labute approximate surface area is 169 Å². The minimum Gasteiger partial charge on any atom is -0.481 e. The van der Waals surface area contributed by atoms with Gasteiger partial charge in [0, 0.05) is 19.4 Å². The van der Waals surface area contributed by atoms with Crippen LogP contribution in [0.15, 0.2) is 24.3 Å². The van der Waals surface area contributed by atoms with Crippen LogP contribution in [-0.4, -0.2) is 48.4 Å². The van der Waals surface area contributed by atoms with Gasteiger partial charge in [0.05, 0.1) is 6.42 Å². The van der Waals surface area contributed by atoms with Crippen molar-refractivity contribution in [2.75, 3.05) is 6.54 Å². The van der Waals surface area contributed by atoms with Gasteiger partial charge in [-0.3, -0.25) is 18.9 Å². The predicted octanol–water partition coefficient (Wildman–Crippen LogP) is 1.07. The molecule has 0 spiro atoms. The van der Waals surface area contributed by atoms with E-state index >= 15 is 0 Å². The summed E-state index contributed by atoms with van der Waals surface area (Å²) >= 11 is 0. The highest BCUT2D eigenvalue weighted by atomic mass is 32.3. The fourth-order valence-corrected chi connectivity index (χ4v) is 2.80. The number of benzene rings is 1. The molecule has 10 nitrogen and oxygen atoms in total. The number of amides is 2. The first-order valence-electron chi connectivity index (χ1n) is 9.15. The van der Waals surface area contributed by atoms with Crippen molar-refractivity contribution in [3.63, 3.8) is 0 Å². The molecule has 29 heavy (non-hydrogen) atoms. The van der Waals surface area contributed by atoms with Crippen LogP contribution in [-0.2, 0) is 31.2 Å². The number of carbonyl (C=O) groups is 3. The SMILES string of the molecule is CCCCCNC(=O)[C@H](Cc1ccc(OS(=O)(=O)O)cc1)NC(=O)CCC(=O)O. The van der Waals surface area contributed by atoms with E-state index in [2.05, 4.69) is 14.8 Å². The number of carboxylic acid groups (broad SMARTS) is 1. The van der Waals surface area contributed by atoms with Gasteiger partial charge in [0.2, 0.25) is 11.8 Å². The highest BCUT2D eigenvalue weighted by Gasteiger charge is 2.21. The number of carbonyl (C=O) groups excluding carboxylic acids is 2. The third kappa shape index (κ3) is 11.1. The van der Waals surface area contributed by atoms with Crippen LogP contribution >= 0.6 is 0 Å². The maximum Gasteiger partial charge on any atom is 0.446 e. The molecule has 0 unspecified atom stereocenters. The molecule has 0 bridgehead atoms. The van der Waals surface area contributed by atoms with Crippen LogP contribution in [0, 0.1) is 0 Å². The maximum atomic E-state index is 12.5. The lowest BCUT2D eigenvalue weighted by Crippen LogP contribution is -2.48. The zero-order valence-corrected chi connectivity index (χ0v) is 16.9. The Morgan fingerprint density at radius 1 is 1.10 bits per heavy atom. The summed E-state index contributed by atoms with van der Waals surface area (Å²) in [6.07, 6.45) is 2.23. The standard InChI is InChI=1S/C18H26N2O8S/c1-2-3-4-11-19-18(24)15(20-16(21)9-10-17(22)23)12-13-5-7-14(8-6-13)28-29(25,26)27/h5-8,15H,2-4,9-12H2,1H3,(H,19,24)(H,20,21)(H,22,23)(H,25,26,27)/t15-/m0/s1. The smallest absolute Gasteiger partial charge is 0.446 e. The summed E-state index contributed by atoms with van der Waals surface area (Å²) in [6, 6.07) is 4.64. The lowest BCUT2D eigenvalue weighted by Gasteiger charge is -2.19. The molecule has 1 rings (SSSR count). The Morgan fingerprint density at radius 3 is 2.31 bits per heavy atom. The third-order valence-corrected chi connectivity index (χ3v) is 4.26. The molecule has 2 amide bonds. The number of rotatable bonds is 13. The quantitative estimate of drug-likeness (QED) is 0.267. The molecule has 11 heteroatoms. The monoisotopic (exact) mass is 430 g/mol. The topological polar surface area (TPSA) is 159 Å². The molecule has 0 saturated carbocycles. The number of unbranched alkanes of at least 4 members (excludes halogenated alkanes) is 2. The van der Waals surface area contributed by atoms with E-state index in [1.54, 1.807) is 0 Å². The average Bonchev–Trinajstić information content (AvgIpc) is 2.63. The molecule has 0 fully saturated rings. The van der Waals surface area contributed by atoms with E-state index in [1.165, 1.54) is 24.3 Å². The Hall–Kier alpha value is -2.66. The molecule has 1 aromatic rings. The molecule has 1 aromatic carbocycles. The molecule has 1 atom stereocenters. The van der Waals surface area contributed by atoms with Gasteiger partial charge in [-0.25, -0.2) is 0 Å². The van der Waals surface area contributed by atoms with Crippen LogP contribution in [0.5, 0.6) is 5.75 Å². The minimum absolute atomic E-state index is 0.102.